The first-order valence-electron chi connectivity index (χ1n) is 10.4. The molecule has 32 heavy (non-hydrogen) atoms. The number of carbonyl (C=O) groups is 2. The zero-order valence-corrected chi connectivity index (χ0v) is 17.9. The van der Waals surface area contributed by atoms with Crippen LogP contribution in [0.1, 0.15) is 21.6 Å². The zero-order valence-electron chi connectivity index (χ0n) is 17.9. The number of likely N-dealkylation sites (N-methyl/N-ethyl adjacent to an activating group) is 1. The minimum Gasteiger partial charge on any atom is -0.342 e. The highest BCUT2D eigenvalue weighted by Crippen LogP contribution is 2.28. The zero-order chi connectivity index (χ0) is 22.8. The van der Waals surface area contributed by atoms with Crippen LogP contribution in [0.4, 0.5) is 8.78 Å². The minimum absolute atomic E-state index is 0.175. The van der Waals surface area contributed by atoms with Crippen molar-refractivity contribution in [2.75, 3.05) is 20.1 Å². The van der Waals surface area contributed by atoms with Gasteiger partial charge < -0.3 is 9.80 Å². The van der Waals surface area contributed by atoms with Crippen molar-refractivity contribution in [2.24, 2.45) is 0 Å². The minimum atomic E-state index is -0.736. The summed E-state index contributed by atoms with van der Waals surface area (Å²) in [4.78, 5) is 33.8. The van der Waals surface area contributed by atoms with Crippen molar-refractivity contribution in [1.82, 2.24) is 14.8 Å². The number of aryl methyl sites for hydroxylation is 1. The topological polar surface area (TPSA) is 53.5 Å². The average molecular weight is 435 g/mol. The van der Waals surface area contributed by atoms with Crippen LogP contribution in [0.2, 0.25) is 0 Å². The third kappa shape index (κ3) is 4.23. The second-order valence-corrected chi connectivity index (χ2v) is 7.93. The summed E-state index contributed by atoms with van der Waals surface area (Å²) < 4.78 is 27.7. The predicted octanol–water partition coefficient (Wildman–Crippen LogP) is 3.86. The van der Waals surface area contributed by atoms with Crippen molar-refractivity contribution < 1.29 is 18.4 Å². The monoisotopic (exact) mass is 435 g/mol. The Balaban J connectivity index is 1.72. The molecule has 1 aliphatic heterocycles. The summed E-state index contributed by atoms with van der Waals surface area (Å²) in [5.41, 5.74) is 2.79. The van der Waals surface area contributed by atoms with Gasteiger partial charge in [0, 0.05) is 44.5 Å². The van der Waals surface area contributed by atoms with Gasteiger partial charge in [-0.05, 0) is 47.9 Å². The number of aromatic nitrogens is 1. The van der Waals surface area contributed by atoms with E-state index in [4.69, 9.17) is 0 Å². The molecule has 164 valence electrons. The van der Waals surface area contributed by atoms with Crippen LogP contribution in [0.3, 0.4) is 0 Å². The molecule has 0 spiro atoms. The van der Waals surface area contributed by atoms with Gasteiger partial charge in [0.25, 0.3) is 5.91 Å². The van der Waals surface area contributed by atoms with E-state index >= 15 is 0 Å². The molecule has 1 aliphatic rings. The van der Waals surface area contributed by atoms with Crippen molar-refractivity contribution in [1.29, 1.82) is 0 Å². The van der Waals surface area contributed by atoms with E-state index in [0.717, 1.165) is 11.6 Å². The highest BCUT2D eigenvalue weighted by Gasteiger charge is 2.37. The van der Waals surface area contributed by atoms with Crippen molar-refractivity contribution >= 4 is 11.8 Å². The van der Waals surface area contributed by atoms with Gasteiger partial charge in [0.05, 0.1) is 5.56 Å². The van der Waals surface area contributed by atoms with E-state index in [0.29, 0.717) is 35.5 Å². The Hall–Kier alpha value is -3.61. The molecule has 1 saturated heterocycles. The van der Waals surface area contributed by atoms with Crippen molar-refractivity contribution in [3.8, 4) is 11.1 Å². The van der Waals surface area contributed by atoms with E-state index < -0.39 is 17.7 Å². The smallest absolute Gasteiger partial charge is 0.256 e. The second kappa shape index (κ2) is 8.86. The molecule has 2 aromatic carbocycles. The van der Waals surface area contributed by atoms with Crippen LogP contribution in [-0.4, -0.2) is 52.8 Å². The maximum absolute atomic E-state index is 13.9. The van der Waals surface area contributed by atoms with Gasteiger partial charge in [0.2, 0.25) is 5.91 Å². The quantitative estimate of drug-likeness (QED) is 0.625. The average Bonchev–Trinajstić information content (AvgIpc) is 2.76. The van der Waals surface area contributed by atoms with Gasteiger partial charge in [0.15, 0.2) is 0 Å². The van der Waals surface area contributed by atoms with E-state index in [-0.39, 0.29) is 18.2 Å². The lowest BCUT2D eigenvalue weighted by Gasteiger charge is -2.39. The van der Waals surface area contributed by atoms with Gasteiger partial charge in [-0.1, -0.05) is 24.3 Å². The number of nitrogens with zero attached hydrogens (tertiary/aromatic N) is 3. The van der Waals surface area contributed by atoms with Crippen LogP contribution >= 0.6 is 0 Å². The number of carbonyl (C=O) groups excluding carboxylic acids is 2. The molecule has 1 unspecified atom stereocenters. The number of hydrogen-bond acceptors (Lipinski definition) is 3. The van der Waals surface area contributed by atoms with E-state index in [1.807, 2.05) is 12.1 Å². The summed E-state index contributed by atoms with van der Waals surface area (Å²) in [6, 6.07) is 13.2. The van der Waals surface area contributed by atoms with Crippen LogP contribution in [0.5, 0.6) is 0 Å². The number of amides is 2. The molecule has 7 heteroatoms. The number of benzene rings is 2. The van der Waals surface area contributed by atoms with E-state index in [9.17, 15) is 18.4 Å². The Morgan fingerprint density at radius 1 is 1.06 bits per heavy atom. The summed E-state index contributed by atoms with van der Waals surface area (Å²) in [6.45, 7) is 2.57. The lowest BCUT2D eigenvalue weighted by molar-refractivity contribution is -0.138. The fraction of sp³-hybridized carbons (Fsp3) is 0.240. The van der Waals surface area contributed by atoms with Crippen LogP contribution in [-0.2, 0) is 11.2 Å². The van der Waals surface area contributed by atoms with Gasteiger partial charge in [-0.25, -0.2) is 8.78 Å². The third-order valence-corrected chi connectivity index (χ3v) is 5.82. The SMILES string of the molecule is Cc1ncccc1C(=O)N1CCN(C)C(=O)C1Cc1ccccc1-c1cc(F)cc(F)c1. The maximum atomic E-state index is 13.9. The van der Waals surface area contributed by atoms with Crippen LogP contribution in [0, 0.1) is 18.6 Å². The molecule has 1 fully saturated rings. The molecule has 4 rings (SSSR count). The molecule has 2 amide bonds. The third-order valence-electron chi connectivity index (χ3n) is 5.82. The molecule has 0 aliphatic carbocycles. The molecule has 0 saturated carbocycles. The first kappa shape index (κ1) is 21.6. The fourth-order valence-electron chi connectivity index (χ4n) is 4.11. The van der Waals surface area contributed by atoms with E-state index in [1.54, 1.807) is 54.2 Å². The maximum Gasteiger partial charge on any atom is 0.256 e. The first-order chi connectivity index (χ1) is 15.3. The lowest BCUT2D eigenvalue weighted by atomic mass is 9.93. The van der Waals surface area contributed by atoms with E-state index in [1.165, 1.54) is 12.1 Å². The number of pyridine rings is 1. The van der Waals surface area contributed by atoms with Gasteiger partial charge in [-0.15, -0.1) is 0 Å². The summed E-state index contributed by atoms with van der Waals surface area (Å²) in [7, 11) is 1.71. The van der Waals surface area contributed by atoms with E-state index in [2.05, 4.69) is 4.98 Å². The van der Waals surface area contributed by atoms with Gasteiger partial charge in [-0.3, -0.25) is 14.6 Å². The predicted molar refractivity (Wildman–Crippen MR) is 117 cm³/mol. The molecule has 3 aromatic rings. The largest absolute Gasteiger partial charge is 0.342 e. The van der Waals surface area contributed by atoms with Gasteiger partial charge >= 0.3 is 0 Å². The van der Waals surface area contributed by atoms with Crippen LogP contribution in [0.25, 0.3) is 11.1 Å². The lowest BCUT2D eigenvalue weighted by Crippen LogP contribution is -2.58. The highest BCUT2D eigenvalue weighted by molar-refractivity contribution is 5.99. The Morgan fingerprint density at radius 3 is 2.50 bits per heavy atom. The molecule has 5 nitrogen and oxygen atoms in total. The Kier molecular flexibility index (Phi) is 5.99. The van der Waals surface area contributed by atoms with Crippen molar-refractivity contribution in [3.05, 3.63) is 89.2 Å². The summed E-state index contributed by atoms with van der Waals surface area (Å²) in [5, 5.41) is 0. The van der Waals surface area contributed by atoms with Gasteiger partial charge in [-0.2, -0.15) is 0 Å². The summed E-state index contributed by atoms with van der Waals surface area (Å²) >= 11 is 0. The summed E-state index contributed by atoms with van der Waals surface area (Å²) in [6.07, 6.45) is 1.84. The van der Waals surface area contributed by atoms with Crippen LogP contribution in [0.15, 0.2) is 60.8 Å². The number of piperazine rings is 1. The Bertz CT molecular complexity index is 1160. The second-order valence-electron chi connectivity index (χ2n) is 7.93. The molecule has 1 atom stereocenters. The van der Waals surface area contributed by atoms with Crippen molar-refractivity contribution in [3.63, 3.8) is 0 Å². The Morgan fingerprint density at radius 2 is 1.78 bits per heavy atom. The number of rotatable bonds is 4. The molecule has 2 heterocycles. The normalized spacial score (nSPS) is 16.4. The molecule has 1 aromatic heterocycles. The highest BCUT2D eigenvalue weighted by atomic mass is 19.1. The number of hydrogen-bond donors (Lipinski definition) is 0. The molecule has 0 bridgehead atoms. The molecular weight excluding hydrogens is 412 g/mol. The van der Waals surface area contributed by atoms with Crippen LogP contribution < -0.4 is 0 Å². The first-order valence-corrected chi connectivity index (χ1v) is 10.4. The van der Waals surface area contributed by atoms with Gasteiger partial charge in [0.1, 0.15) is 17.7 Å². The fourth-order valence-corrected chi connectivity index (χ4v) is 4.11. The number of halogens is 2. The molecule has 0 radical (unpaired) electrons. The van der Waals surface area contributed by atoms with Crippen molar-refractivity contribution in [2.45, 2.75) is 19.4 Å². The summed E-state index contributed by atoms with van der Waals surface area (Å²) in [5.74, 6) is -1.78. The Labute approximate surface area is 185 Å². The molecule has 0 N–H and O–H groups in total. The standard InChI is InChI=1S/C25H23F2N3O2/c1-16-21(8-5-9-28-16)24(31)30-11-10-29(2)25(32)23(30)14-17-6-3-4-7-22(17)18-12-19(26)15-20(27)13-18/h3-9,12-13,15,23H,10-11,14H2,1-2H3. The molecular formula is C25H23F2N3O2.